The molecule has 3 aromatic carbocycles. The van der Waals surface area contributed by atoms with Gasteiger partial charge in [0.2, 0.25) is 6.10 Å². The highest BCUT2D eigenvalue weighted by Gasteiger charge is 2.50. The van der Waals surface area contributed by atoms with E-state index in [1.54, 1.807) is 26.0 Å². The molecule has 7 nitrogen and oxygen atoms in total. The Morgan fingerprint density at radius 1 is 0.950 bits per heavy atom. The number of hydrogen-bond acceptors (Lipinski definition) is 7. The second kappa shape index (κ2) is 14.3. The molecule has 0 saturated heterocycles. The highest BCUT2D eigenvalue weighted by molar-refractivity contribution is 7.99. The average molecular weight is 677 g/mol. The number of amides is 1. The molecule has 0 fully saturated rings. The Morgan fingerprint density at radius 2 is 1.62 bits per heavy atom. The summed E-state index contributed by atoms with van der Waals surface area (Å²) >= 11 is 1.56. The third kappa shape index (κ3) is 7.18. The fourth-order valence-corrected chi connectivity index (χ4v) is 6.36. The highest BCUT2D eigenvalue weighted by atomic mass is 127. The summed E-state index contributed by atoms with van der Waals surface area (Å²) in [4.78, 5) is 29.8. The molecule has 0 N–H and O–H groups in total. The van der Waals surface area contributed by atoms with Crippen LogP contribution in [0.25, 0.3) is 0 Å². The van der Waals surface area contributed by atoms with E-state index in [1.807, 2.05) is 73.8 Å². The van der Waals surface area contributed by atoms with Crippen LogP contribution in [0.1, 0.15) is 23.3 Å². The molecule has 4 rings (SSSR count). The number of benzene rings is 3. The maximum Gasteiger partial charge on any atom is 0.361 e. The molecule has 9 heteroatoms. The first kappa shape index (κ1) is 31.9. The van der Waals surface area contributed by atoms with Gasteiger partial charge in [-0.15, -0.1) is 11.8 Å². The Morgan fingerprint density at radius 3 is 2.30 bits per heavy atom. The summed E-state index contributed by atoms with van der Waals surface area (Å²) < 4.78 is 16.6. The van der Waals surface area contributed by atoms with E-state index in [1.165, 1.54) is 6.92 Å². The highest BCUT2D eigenvalue weighted by Crippen LogP contribution is 2.48. The van der Waals surface area contributed by atoms with Crippen molar-refractivity contribution in [3.05, 3.63) is 83.9 Å². The summed E-state index contributed by atoms with van der Waals surface area (Å²) in [6, 6.07) is 23.6. The number of halogens is 1. The zero-order valence-corrected chi connectivity index (χ0v) is 26.6. The van der Waals surface area contributed by atoms with Crippen LogP contribution >= 0.6 is 11.8 Å². The fourth-order valence-electron chi connectivity index (χ4n) is 4.95. The summed E-state index contributed by atoms with van der Waals surface area (Å²) in [5, 5.41) is -0.392. The van der Waals surface area contributed by atoms with Gasteiger partial charge in [0.05, 0.1) is 31.4 Å². The normalized spacial score (nSPS) is 20.2. The van der Waals surface area contributed by atoms with Crippen molar-refractivity contribution in [1.82, 2.24) is 9.38 Å². The molecular weight excluding hydrogens is 639 g/mol. The van der Waals surface area contributed by atoms with Crippen molar-refractivity contribution >= 4 is 29.3 Å². The summed E-state index contributed by atoms with van der Waals surface area (Å²) in [5.41, 5.74) is 2.97. The number of carbonyl (C=O) groups is 2. The van der Waals surface area contributed by atoms with Crippen LogP contribution in [0.2, 0.25) is 0 Å². The van der Waals surface area contributed by atoms with Crippen LogP contribution in [0.15, 0.2) is 77.7 Å². The summed E-state index contributed by atoms with van der Waals surface area (Å²) in [7, 11) is 7.30. The van der Waals surface area contributed by atoms with Gasteiger partial charge in [-0.2, -0.15) is 0 Å². The molecule has 0 aliphatic carbocycles. The van der Waals surface area contributed by atoms with Crippen molar-refractivity contribution in [1.29, 1.82) is 0 Å². The van der Waals surface area contributed by atoms with Gasteiger partial charge in [-0.1, -0.05) is 42.5 Å². The Balaban J connectivity index is 0.00000441. The predicted octanol–water partition coefficient (Wildman–Crippen LogP) is 2.12. The van der Waals surface area contributed by atoms with Crippen LogP contribution in [0.5, 0.6) is 11.5 Å². The maximum absolute atomic E-state index is 14.4. The van der Waals surface area contributed by atoms with Gasteiger partial charge >= 0.3 is 11.9 Å². The van der Waals surface area contributed by atoms with Gasteiger partial charge in [0, 0.05) is 26.1 Å². The summed E-state index contributed by atoms with van der Waals surface area (Å²) in [6.07, 6.45) is -0.113. The summed E-state index contributed by atoms with van der Waals surface area (Å²) in [6.45, 7) is 3.38. The minimum absolute atomic E-state index is 0. The molecule has 0 spiro atoms. The number of quaternary nitrogens is 1. The van der Waals surface area contributed by atoms with Crippen molar-refractivity contribution in [2.24, 2.45) is 0 Å². The largest absolute Gasteiger partial charge is 1.00 e. The number of methoxy groups -OCH3 is 2. The van der Waals surface area contributed by atoms with Crippen molar-refractivity contribution in [2.75, 3.05) is 47.9 Å². The van der Waals surface area contributed by atoms with Gasteiger partial charge in [-0.3, -0.25) is 4.79 Å². The van der Waals surface area contributed by atoms with E-state index in [0.29, 0.717) is 13.1 Å². The quantitative estimate of drug-likeness (QED) is 0.185. The standard InChI is InChI=1S/C31H37N2O5S.HI/c1-22(34)38-29-30(24-14-16-25(36-4)17-15-24)39-28-13-9-7-11-26(28)33(3,31(29)35)21-20-32(2)19-18-23-10-6-8-12-27(23)37-5;/h6-17,29-30H,18-21H2,1-5H3;1H/q+1;/p-1/t29-,30+,33?;/m0./s1. The number of fused-ring (bicyclic) bond motifs is 1. The lowest BCUT2D eigenvalue weighted by Gasteiger charge is -2.34. The molecule has 214 valence electrons. The molecule has 1 unspecified atom stereocenters. The van der Waals surface area contributed by atoms with Gasteiger partial charge in [0.1, 0.15) is 18.0 Å². The number of thioether (sulfide) groups is 1. The molecule has 3 atom stereocenters. The number of para-hydroxylation sites is 2. The van der Waals surface area contributed by atoms with Crippen molar-refractivity contribution in [2.45, 2.75) is 29.6 Å². The van der Waals surface area contributed by atoms with Crippen LogP contribution < -0.4 is 37.9 Å². The second-order valence-corrected chi connectivity index (χ2v) is 11.1. The first-order valence-electron chi connectivity index (χ1n) is 13.0. The Kier molecular flexibility index (Phi) is 11.4. The number of hydrogen-bond donors (Lipinski definition) is 0. The molecule has 1 heterocycles. The van der Waals surface area contributed by atoms with E-state index >= 15 is 0 Å². The van der Waals surface area contributed by atoms with Gasteiger partial charge in [0.25, 0.3) is 0 Å². The minimum Gasteiger partial charge on any atom is -1.00 e. The zero-order chi connectivity index (χ0) is 28.0. The number of likely N-dealkylation sites (N-methyl/N-ethyl adjacent to an activating group) is 2. The van der Waals surface area contributed by atoms with E-state index in [9.17, 15) is 9.59 Å². The molecule has 0 radical (unpaired) electrons. The molecular formula is C31H37IN2O5S. The van der Waals surface area contributed by atoms with Crippen LogP contribution in [-0.2, 0) is 20.7 Å². The predicted molar refractivity (Wildman–Crippen MR) is 155 cm³/mol. The molecule has 1 amide bonds. The summed E-state index contributed by atoms with van der Waals surface area (Å²) in [5.74, 6) is 0.998. The lowest BCUT2D eigenvalue weighted by Crippen LogP contribution is -3.00. The number of ether oxygens (including phenoxy) is 3. The molecule has 1 aliphatic heterocycles. The SMILES string of the molecule is COc1ccc([C@H]2Sc3ccccc3[N+](C)(CCN(C)CCc3ccccc3OC)C(=O)[C@H]2OC(C)=O)cc1.[I-]. The number of rotatable bonds is 10. The van der Waals surface area contributed by atoms with Gasteiger partial charge in [-0.05, 0) is 48.9 Å². The lowest BCUT2D eigenvalue weighted by molar-refractivity contribution is -0.157. The maximum atomic E-state index is 14.4. The van der Waals surface area contributed by atoms with Gasteiger partial charge in [-0.25, -0.2) is 9.28 Å². The first-order chi connectivity index (χ1) is 18.8. The molecule has 0 bridgehead atoms. The molecule has 40 heavy (non-hydrogen) atoms. The monoisotopic (exact) mass is 676 g/mol. The van der Waals surface area contributed by atoms with Crippen LogP contribution in [0.4, 0.5) is 5.69 Å². The van der Waals surface area contributed by atoms with Crippen LogP contribution in [0, 0.1) is 0 Å². The second-order valence-electron chi connectivity index (χ2n) is 9.93. The van der Waals surface area contributed by atoms with Crippen molar-refractivity contribution in [3.8, 4) is 11.5 Å². The molecule has 3 aromatic rings. The average Bonchev–Trinajstić information content (AvgIpc) is 3.04. The third-order valence-electron chi connectivity index (χ3n) is 7.28. The van der Waals surface area contributed by atoms with Crippen molar-refractivity contribution in [3.63, 3.8) is 0 Å². The van der Waals surface area contributed by atoms with E-state index in [0.717, 1.165) is 46.2 Å². The van der Waals surface area contributed by atoms with Gasteiger partial charge < -0.3 is 43.1 Å². The van der Waals surface area contributed by atoms with Crippen molar-refractivity contribution < 1.29 is 47.8 Å². The Bertz CT molecular complexity index is 1300. The Hall–Kier alpha value is -2.60. The first-order valence-corrected chi connectivity index (χ1v) is 13.9. The van der Waals surface area contributed by atoms with Crippen LogP contribution in [-0.4, -0.2) is 70.8 Å². The van der Waals surface area contributed by atoms with Crippen LogP contribution in [0.3, 0.4) is 0 Å². The molecule has 0 saturated carbocycles. The fraction of sp³-hybridized carbons (Fsp3) is 0.355. The Labute approximate surface area is 258 Å². The molecule has 0 aromatic heterocycles. The van der Waals surface area contributed by atoms with E-state index in [2.05, 4.69) is 18.0 Å². The topological polar surface area (TPSA) is 65.1 Å². The smallest absolute Gasteiger partial charge is 0.361 e. The zero-order valence-electron chi connectivity index (χ0n) is 23.6. The van der Waals surface area contributed by atoms with E-state index in [4.69, 9.17) is 14.2 Å². The number of nitrogens with zero attached hydrogens (tertiary/aromatic N) is 2. The van der Waals surface area contributed by atoms with E-state index < -0.39 is 17.3 Å². The number of esters is 1. The lowest BCUT2D eigenvalue weighted by atomic mass is 10.0. The minimum atomic E-state index is -0.947. The number of carbonyl (C=O) groups excluding carboxylic acids is 2. The van der Waals surface area contributed by atoms with Gasteiger partial charge in [0.15, 0.2) is 5.69 Å². The molecule has 1 aliphatic rings. The van der Waals surface area contributed by atoms with E-state index in [-0.39, 0.29) is 34.4 Å². The third-order valence-corrected chi connectivity index (χ3v) is 8.65.